The number of rotatable bonds is 6. The Labute approximate surface area is 200 Å². The Hall–Kier alpha value is -3.10. The Kier molecular flexibility index (Phi) is 5.72. The van der Waals surface area contributed by atoms with Crippen molar-refractivity contribution >= 4 is 51.2 Å². The highest BCUT2D eigenvalue weighted by molar-refractivity contribution is 7.80. The van der Waals surface area contributed by atoms with Crippen LogP contribution in [0.4, 0.5) is 10.1 Å². The molecule has 2 aliphatic carbocycles. The average molecular weight is 485 g/mol. The van der Waals surface area contributed by atoms with E-state index in [2.05, 4.69) is 15.6 Å². The van der Waals surface area contributed by atoms with Crippen molar-refractivity contribution in [3.63, 3.8) is 0 Å². The minimum Gasteiger partial charge on any atom is -0.496 e. The summed E-state index contributed by atoms with van der Waals surface area (Å²) >= 11 is 11.5. The van der Waals surface area contributed by atoms with Crippen molar-refractivity contribution in [1.82, 2.24) is 10.3 Å². The Morgan fingerprint density at radius 3 is 2.67 bits per heavy atom. The first kappa shape index (κ1) is 21.7. The number of methoxy groups -OCH3 is 1. The summed E-state index contributed by atoms with van der Waals surface area (Å²) < 4.78 is 26.6. The van der Waals surface area contributed by atoms with Crippen LogP contribution in [0.2, 0.25) is 5.02 Å². The van der Waals surface area contributed by atoms with Gasteiger partial charge in [0.2, 0.25) is 0 Å². The lowest BCUT2D eigenvalue weighted by Gasteiger charge is -2.15. The van der Waals surface area contributed by atoms with Crippen molar-refractivity contribution in [1.29, 1.82) is 0 Å². The van der Waals surface area contributed by atoms with E-state index >= 15 is 4.39 Å². The van der Waals surface area contributed by atoms with E-state index in [0.717, 1.165) is 31.2 Å². The van der Waals surface area contributed by atoms with Gasteiger partial charge in [0, 0.05) is 35.0 Å². The minimum atomic E-state index is -0.686. The molecule has 3 aromatic rings. The quantitative estimate of drug-likeness (QED) is 0.385. The van der Waals surface area contributed by atoms with Gasteiger partial charge in [-0.15, -0.1) is 0 Å². The normalized spacial score (nSPS) is 14.7. The molecule has 0 spiro atoms. The van der Waals surface area contributed by atoms with E-state index in [0.29, 0.717) is 44.9 Å². The van der Waals surface area contributed by atoms with Crippen molar-refractivity contribution in [3.05, 3.63) is 58.5 Å². The summed E-state index contributed by atoms with van der Waals surface area (Å²) in [7, 11) is 1.59. The fourth-order valence-corrected chi connectivity index (χ4v) is 4.02. The average Bonchev–Trinajstić information content (AvgIpc) is 3.72. The molecular formula is C24H22ClFN4O2S. The first-order valence-electron chi connectivity index (χ1n) is 10.6. The van der Waals surface area contributed by atoms with E-state index in [-0.39, 0.29) is 10.8 Å². The van der Waals surface area contributed by atoms with E-state index in [4.69, 9.17) is 39.0 Å². The van der Waals surface area contributed by atoms with Crippen LogP contribution < -0.4 is 25.8 Å². The zero-order chi connectivity index (χ0) is 23.1. The summed E-state index contributed by atoms with van der Waals surface area (Å²) in [5, 5.41) is 7.08. The van der Waals surface area contributed by atoms with Gasteiger partial charge in [-0.2, -0.15) is 0 Å². The lowest BCUT2D eigenvalue weighted by molar-refractivity contribution is 0.414. The van der Waals surface area contributed by atoms with Gasteiger partial charge in [-0.05, 0) is 67.7 Å². The molecule has 2 fully saturated rings. The number of nitrogens with two attached hydrogens (primary N) is 1. The number of aromatic nitrogens is 1. The lowest BCUT2D eigenvalue weighted by atomic mass is 10.1. The van der Waals surface area contributed by atoms with Crippen molar-refractivity contribution in [2.45, 2.75) is 31.7 Å². The maximum absolute atomic E-state index is 15.1. The molecule has 5 rings (SSSR count). The monoisotopic (exact) mass is 484 g/mol. The van der Waals surface area contributed by atoms with Gasteiger partial charge in [0.15, 0.2) is 16.7 Å². The number of pyridine rings is 1. The van der Waals surface area contributed by atoms with Gasteiger partial charge < -0.3 is 25.8 Å². The van der Waals surface area contributed by atoms with Crippen molar-refractivity contribution in [2.75, 3.05) is 12.4 Å². The molecule has 170 valence electrons. The minimum absolute atomic E-state index is 0.00925. The van der Waals surface area contributed by atoms with Crippen LogP contribution in [0.25, 0.3) is 16.6 Å². The number of anilines is 1. The molecule has 0 unspecified atom stereocenters. The van der Waals surface area contributed by atoms with E-state index in [9.17, 15) is 0 Å². The number of allylic oxidation sites excluding steroid dienone is 1. The number of nitrogens with zero attached hydrogens (tertiary/aromatic N) is 1. The SMILES string of the molecule is COc1cc2nccc(Oc3ccc(NC(=S)NC4CC4)c(Cl)c3F)c2cc1C(N)=C1CC1. The molecule has 9 heteroatoms. The lowest BCUT2D eigenvalue weighted by Crippen LogP contribution is -2.30. The molecule has 0 atom stereocenters. The molecule has 33 heavy (non-hydrogen) atoms. The second-order valence-electron chi connectivity index (χ2n) is 8.11. The smallest absolute Gasteiger partial charge is 0.186 e. The van der Waals surface area contributed by atoms with Gasteiger partial charge in [0.25, 0.3) is 0 Å². The Balaban J connectivity index is 1.47. The van der Waals surface area contributed by atoms with Gasteiger partial charge in [0.05, 0.1) is 18.3 Å². The molecule has 6 nitrogen and oxygen atoms in total. The highest BCUT2D eigenvalue weighted by atomic mass is 35.5. The number of hydrogen-bond donors (Lipinski definition) is 3. The fourth-order valence-electron chi connectivity index (χ4n) is 3.54. The molecule has 0 saturated heterocycles. The third-order valence-electron chi connectivity index (χ3n) is 5.62. The molecular weight excluding hydrogens is 463 g/mol. The zero-order valence-electron chi connectivity index (χ0n) is 17.9. The number of thiocarbonyl (C=S) groups is 1. The molecule has 4 N–H and O–H groups in total. The maximum Gasteiger partial charge on any atom is 0.186 e. The number of nitrogens with one attached hydrogen (secondary N) is 2. The predicted octanol–water partition coefficient (Wildman–Crippen LogP) is 5.74. The molecule has 2 aliphatic rings. The number of fused-ring (bicyclic) bond motifs is 1. The van der Waals surface area contributed by atoms with Gasteiger partial charge in [0.1, 0.15) is 16.5 Å². The number of halogens is 2. The van der Waals surface area contributed by atoms with Crippen LogP contribution in [-0.2, 0) is 0 Å². The Morgan fingerprint density at radius 2 is 1.97 bits per heavy atom. The van der Waals surface area contributed by atoms with Crippen LogP contribution in [0.15, 0.2) is 42.1 Å². The second-order valence-corrected chi connectivity index (χ2v) is 8.90. The molecule has 0 radical (unpaired) electrons. The third-order valence-corrected chi connectivity index (χ3v) is 6.21. The third kappa shape index (κ3) is 4.54. The molecule has 0 aliphatic heterocycles. The molecule has 1 heterocycles. The second kappa shape index (κ2) is 8.68. The molecule has 1 aromatic heterocycles. The van der Waals surface area contributed by atoms with Crippen LogP contribution in [-0.4, -0.2) is 23.2 Å². The van der Waals surface area contributed by atoms with Gasteiger partial charge >= 0.3 is 0 Å². The summed E-state index contributed by atoms with van der Waals surface area (Å²) in [5.41, 5.74) is 10.0. The highest BCUT2D eigenvalue weighted by Crippen LogP contribution is 2.41. The van der Waals surface area contributed by atoms with Crippen LogP contribution >= 0.6 is 23.8 Å². The zero-order valence-corrected chi connectivity index (χ0v) is 19.4. The highest BCUT2D eigenvalue weighted by Gasteiger charge is 2.23. The number of benzene rings is 2. The summed E-state index contributed by atoms with van der Waals surface area (Å²) in [6.45, 7) is 0. The number of ether oxygens (including phenoxy) is 2. The molecule has 0 amide bonds. The van der Waals surface area contributed by atoms with Crippen molar-refractivity contribution < 1.29 is 13.9 Å². The summed E-state index contributed by atoms with van der Waals surface area (Å²) in [4.78, 5) is 4.40. The van der Waals surface area contributed by atoms with Crippen LogP contribution in [0.1, 0.15) is 31.2 Å². The van der Waals surface area contributed by atoms with Gasteiger partial charge in [-0.3, -0.25) is 4.98 Å². The van der Waals surface area contributed by atoms with E-state index < -0.39 is 5.82 Å². The summed E-state index contributed by atoms with van der Waals surface area (Å²) in [6.07, 6.45) is 5.71. The molecule has 2 aromatic carbocycles. The summed E-state index contributed by atoms with van der Waals surface area (Å²) in [5.74, 6) is 0.364. The van der Waals surface area contributed by atoms with Crippen LogP contribution in [0.5, 0.6) is 17.2 Å². The predicted molar refractivity (Wildman–Crippen MR) is 132 cm³/mol. The van der Waals surface area contributed by atoms with E-state index in [1.165, 1.54) is 11.6 Å². The largest absolute Gasteiger partial charge is 0.496 e. The van der Waals surface area contributed by atoms with Gasteiger partial charge in [-0.1, -0.05) is 11.6 Å². The maximum atomic E-state index is 15.1. The Bertz CT molecular complexity index is 1300. The molecule has 2 saturated carbocycles. The standard InChI is InChI=1S/C24H22ClFN4O2S/c1-31-20-11-17-14(10-15(20)23(27)12-2-3-12)18(8-9-28-17)32-19-7-6-16(21(25)22(19)26)30-24(33)29-13-4-5-13/h6-11,13H,2-5,27H2,1H3,(H2,29,30,33). The van der Waals surface area contributed by atoms with E-state index in [1.807, 2.05) is 6.07 Å². The first-order chi connectivity index (χ1) is 15.9. The van der Waals surface area contributed by atoms with Crippen LogP contribution in [0.3, 0.4) is 0 Å². The molecule has 0 bridgehead atoms. The van der Waals surface area contributed by atoms with Crippen molar-refractivity contribution in [3.8, 4) is 17.2 Å². The van der Waals surface area contributed by atoms with Crippen molar-refractivity contribution in [2.24, 2.45) is 5.73 Å². The fraction of sp³-hybridized carbons (Fsp3) is 0.250. The first-order valence-corrected chi connectivity index (χ1v) is 11.4. The summed E-state index contributed by atoms with van der Waals surface area (Å²) in [6, 6.07) is 8.87. The topological polar surface area (TPSA) is 81.4 Å². The number of hydrogen-bond acceptors (Lipinski definition) is 5. The Morgan fingerprint density at radius 1 is 1.18 bits per heavy atom. The van der Waals surface area contributed by atoms with E-state index in [1.54, 1.807) is 31.5 Å². The van der Waals surface area contributed by atoms with Gasteiger partial charge in [-0.25, -0.2) is 4.39 Å². The van der Waals surface area contributed by atoms with Crippen LogP contribution in [0, 0.1) is 5.82 Å².